The number of phenols is 1. The molecule has 4 saturated heterocycles. The highest BCUT2D eigenvalue weighted by Crippen LogP contribution is 2.49. The van der Waals surface area contributed by atoms with Crippen LogP contribution in [0.4, 0.5) is 5.69 Å². The van der Waals surface area contributed by atoms with Crippen LogP contribution in [0.3, 0.4) is 0 Å². The zero-order valence-electron chi connectivity index (χ0n) is 34.7. The van der Waals surface area contributed by atoms with Crippen LogP contribution in [0.15, 0.2) is 84.9 Å². The van der Waals surface area contributed by atoms with Gasteiger partial charge in [0.05, 0.1) is 18.8 Å². The predicted molar refractivity (Wildman–Crippen MR) is 229 cm³/mol. The van der Waals surface area contributed by atoms with E-state index in [-0.39, 0.29) is 36.3 Å². The van der Waals surface area contributed by atoms with Crippen LogP contribution in [0.5, 0.6) is 17.2 Å². The first-order chi connectivity index (χ1) is 29.7. The van der Waals surface area contributed by atoms with E-state index in [0.717, 1.165) is 89.8 Å². The van der Waals surface area contributed by atoms with Gasteiger partial charge in [-0.2, -0.15) is 0 Å². The third-order valence-corrected chi connectivity index (χ3v) is 15.1. The van der Waals surface area contributed by atoms with Crippen molar-refractivity contribution in [2.24, 2.45) is 5.92 Å². The Balaban J connectivity index is 0.680. The number of rotatable bonds is 6. The van der Waals surface area contributed by atoms with Crippen LogP contribution >= 0.6 is 0 Å². The number of carbonyl (C=O) groups excluding carboxylic acids is 3. The molecular formula is C50H54N4O7. The minimum Gasteiger partial charge on any atom is -0.508 e. The minimum atomic E-state index is -0.663. The zero-order chi connectivity index (χ0) is 41.3. The molecule has 1 unspecified atom stereocenters. The number of piperidine rings is 3. The van der Waals surface area contributed by atoms with Crippen molar-refractivity contribution < 1.29 is 33.7 Å². The van der Waals surface area contributed by atoms with Crippen LogP contribution in [0.1, 0.15) is 101 Å². The SMILES string of the molecule is O=C1CC[C@H](N2Cc3c(ccc4c3OCC3(CCN(CC5COC6(CCN(c7ccc([C@@H]8c9ccc(O)cc9CC[C@@H]8c8ccccc8)cc7)CC6)C5)CC3)O4)C2=O)C(=O)N1. The largest absolute Gasteiger partial charge is 0.508 e. The van der Waals surface area contributed by atoms with Gasteiger partial charge in [-0.05, 0) is 109 Å². The van der Waals surface area contributed by atoms with Crippen LogP contribution in [0, 0.1) is 5.92 Å². The summed E-state index contributed by atoms with van der Waals surface area (Å²) in [4.78, 5) is 44.3. The molecule has 0 aromatic heterocycles. The topological polar surface area (TPSA) is 121 Å². The first kappa shape index (κ1) is 38.5. The number of fused-ring (bicyclic) bond motifs is 4. The van der Waals surface area contributed by atoms with Gasteiger partial charge in [0.15, 0.2) is 11.5 Å². The number of hydrogen-bond acceptors (Lipinski definition) is 9. The molecule has 6 aliphatic heterocycles. The fourth-order valence-electron chi connectivity index (χ4n) is 11.8. The lowest BCUT2D eigenvalue weighted by atomic mass is 9.69. The molecule has 2 N–H and O–H groups in total. The Bertz CT molecular complexity index is 2350. The Labute approximate surface area is 356 Å². The van der Waals surface area contributed by atoms with Gasteiger partial charge in [-0.25, -0.2) is 0 Å². The van der Waals surface area contributed by atoms with E-state index in [1.165, 1.54) is 27.9 Å². The highest BCUT2D eigenvalue weighted by atomic mass is 16.6. The number of aryl methyl sites for hydroxylation is 1. The molecule has 11 rings (SSSR count). The maximum atomic E-state index is 13.3. The normalized spacial score (nSPS) is 26.7. The number of nitrogens with one attached hydrogen (secondary N) is 1. The van der Waals surface area contributed by atoms with Crippen molar-refractivity contribution in [2.75, 3.05) is 50.8 Å². The number of aromatic hydroxyl groups is 1. The van der Waals surface area contributed by atoms with Crippen molar-refractivity contribution in [3.05, 3.63) is 118 Å². The summed E-state index contributed by atoms with van der Waals surface area (Å²) in [6.07, 6.45) is 7.48. The summed E-state index contributed by atoms with van der Waals surface area (Å²) in [6, 6.07) is 29.1. The molecule has 7 aliphatic rings. The van der Waals surface area contributed by atoms with Gasteiger partial charge in [0, 0.05) is 74.7 Å². The molecule has 6 heterocycles. The lowest BCUT2D eigenvalue weighted by Gasteiger charge is -2.44. The molecule has 11 heteroatoms. The second-order valence-electron chi connectivity index (χ2n) is 18.8. The third kappa shape index (κ3) is 7.03. The summed E-state index contributed by atoms with van der Waals surface area (Å²) in [7, 11) is 0. The predicted octanol–water partition coefficient (Wildman–Crippen LogP) is 6.70. The van der Waals surface area contributed by atoms with E-state index in [1.54, 1.807) is 11.0 Å². The fourth-order valence-corrected chi connectivity index (χ4v) is 11.8. The maximum Gasteiger partial charge on any atom is 0.255 e. The van der Waals surface area contributed by atoms with Gasteiger partial charge in [0.1, 0.15) is 24.0 Å². The number of anilines is 1. The van der Waals surface area contributed by atoms with Crippen LogP contribution in [-0.2, 0) is 27.3 Å². The summed E-state index contributed by atoms with van der Waals surface area (Å²) < 4.78 is 19.8. The highest BCUT2D eigenvalue weighted by molar-refractivity contribution is 6.05. The van der Waals surface area contributed by atoms with E-state index < -0.39 is 17.6 Å². The summed E-state index contributed by atoms with van der Waals surface area (Å²) in [5, 5.41) is 12.6. The van der Waals surface area contributed by atoms with Crippen molar-refractivity contribution in [3.8, 4) is 17.2 Å². The van der Waals surface area contributed by atoms with Crippen LogP contribution < -0.4 is 19.7 Å². The first-order valence-corrected chi connectivity index (χ1v) is 22.4. The number of amides is 3. The molecule has 4 fully saturated rings. The standard InChI is InChI=1S/C50H54N4O7/c55-37-11-13-39-35(26-37)8-12-38(33-4-2-1-3-5-33)45(39)34-6-9-36(10-7-34)53-24-20-49(21-25-53)27-32(30-60-49)28-52-22-18-50(19-23-52)31-59-46-41-29-54(42-15-17-44(56)51-47(42)57)48(58)40(41)14-16-43(46)61-50/h1-7,9-11,13-14,16,26,32,38,42,45,55H,8,12,15,17-25,27-31H2,(H,51,56,57)/t32?,38-,42+,45+/m1/s1. The van der Waals surface area contributed by atoms with Crippen LogP contribution in [-0.4, -0.2) is 95.8 Å². The lowest BCUT2D eigenvalue weighted by Crippen LogP contribution is -2.53. The van der Waals surface area contributed by atoms with Gasteiger partial charge in [-0.3, -0.25) is 19.7 Å². The Kier molecular flexibility index (Phi) is 9.60. The van der Waals surface area contributed by atoms with E-state index in [4.69, 9.17) is 14.2 Å². The van der Waals surface area contributed by atoms with Crippen molar-refractivity contribution in [1.29, 1.82) is 0 Å². The number of phenolic OH excluding ortho intramolecular Hbond substituents is 1. The molecule has 4 aromatic carbocycles. The van der Waals surface area contributed by atoms with E-state index in [2.05, 4.69) is 75.8 Å². The van der Waals surface area contributed by atoms with E-state index in [1.807, 2.05) is 18.2 Å². The van der Waals surface area contributed by atoms with Crippen LogP contribution in [0.2, 0.25) is 0 Å². The van der Waals surface area contributed by atoms with Gasteiger partial charge >= 0.3 is 0 Å². The minimum absolute atomic E-state index is 0.0438. The molecule has 3 amide bonds. The maximum absolute atomic E-state index is 13.3. The molecule has 0 bridgehead atoms. The summed E-state index contributed by atoms with van der Waals surface area (Å²) >= 11 is 0. The number of likely N-dealkylation sites (tertiary alicyclic amines) is 1. The first-order valence-electron chi connectivity index (χ1n) is 22.4. The fraction of sp³-hybridized carbons (Fsp3) is 0.460. The van der Waals surface area contributed by atoms with Crippen molar-refractivity contribution in [1.82, 2.24) is 15.1 Å². The number of hydrogen-bond donors (Lipinski definition) is 2. The average molecular weight is 823 g/mol. The molecule has 11 nitrogen and oxygen atoms in total. The Morgan fingerprint density at radius 2 is 1.59 bits per heavy atom. The van der Waals surface area contributed by atoms with Gasteiger partial charge in [0.2, 0.25) is 11.8 Å². The molecule has 61 heavy (non-hydrogen) atoms. The Morgan fingerprint density at radius 1 is 0.803 bits per heavy atom. The van der Waals surface area contributed by atoms with Gasteiger partial charge < -0.3 is 34.0 Å². The average Bonchev–Trinajstić information content (AvgIpc) is 3.83. The van der Waals surface area contributed by atoms with Gasteiger partial charge in [0.25, 0.3) is 5.91 Å². The van der Waals surface area contributed by atoms with E-state index in [0.29, 0.717) is 47.7 Å². The highest BCUT2D eigenvalue weighted by Gasteiger charge is 2.47. The van der Waals surface area contributed by atoms with Gasteiger partial charge in [-0.15, -0.1) is 0 Å². The summed E-state index contributed by atoms with van der Waals surface area (Å²) in [5.41, 5.74) is 7.42. The molecule has 0 saturated carbocycles. The van der Waals surface area contributed by atoms with Gasteiger partial charge in [-0.1, -0.05) is 48.5 Å². The summed E-state index contributed by atoms with van der Waals surface area (Å²) in [6.45, 7) is 6.37. The van der Waals surface area contributed by atoms with Crippen molar-refractivity contribution in [2.45, 2.75) is 93.4 Å². The molecular weight excluding hydrogens is 769 g/mol. The molecule has 0 radical (unpaired) electrons. The second kappa shape index (κ2) is 15.2. The lowest BCUT2D eigenvalue weighted by molar-refractivity contribution is -0.136. The summed E-state index contributed by atoms with van der Waals surface area (Å²) in [5.74, 6) is 1.84. The second-order valence-corrected chi connectivity index (χ2v) is 18.8. The molecule has 1 aliphatic carbocycles. The Morgan fingerprint density at radius 3 is 2.38 bits per heavy atom. The van der Waals surface area contributed by atoms with E-state index in [9.17, 15) is 19.5 Å². The van der Waals surface area contributed by atoms with Crippen molar-refractivity contribution >= 4 is 23.4 Å². The smallest absolute Gasteiger partial charge is 0.255 e. The molecule has 2 spiro atoms. The third-order valence-electron chi connectivity index (χ3n) is 15.1. The molecule has 4 aromatic rings. The molecule has 316 valence electrons. The van der Waals surface area contributed by atoms with Crippen molar-refractivity contribution in [3.63, 3.8) is 0 Å². The number of imide groups is 1. The zero-order valence-corrected chi connectivity index (χ0v) is 34.7. The number of nitrogens with zero attached hydrogens (tertiary/aromatic N) is 3. The Hall–Kier alpha value is -5.39. The quantitative estimate of drug-likeness (QED) is 0.205. The number of ether oxygens (including phenoxy) is 3. The number of benzene rings is 4. The number of carbonyl (C=O) groups is 3. The van der Waals surface area contributed by atoms with E-state index >= 15 is 0 Å². The molecule has 4 atom stereocenters. The monoisotopic (exact) mass is 822 g/mol. The van der Waals surface area contributed by atoms with Crippen LogP contribution in [0.25, 0.3) is 0 Å².